The highest BCUT2D eigenvalue weighted by Crippen LogP contribution is 2.45. The van der Waals surface area contributed by atoms with Gasteiger partial charge in [0.15, 0.2) is 0 Å². The van der Waals surface area contributed by atoms with Crippen LogP contribution < -0.4 is 0 Å². The normalized spacial score (nSPS) is 29.1. The van der Waals surface area contributed by atoms with Gasteiger partial charge in [-0.15, -0.1) is 0 Å². The first kappa shape index (κ1) is 13.8. The van der Waals surface area contributed by atoms with Gasteiger partial charge in [-0.3, -0.25) is 4.79 Å². The first-order valence-corrected chi connectivity index (χ1v) is 6.75. The molecule has 0 saturated heterocycles. The maximum Gasteiger partial charge on any atom is 0.335 e. The summed E-state index contributed by atoms with van der Waals surface area (Å²) in [5.74, 6) is -1.06. The van der Waals surface area contributed by atoms with Crippen LogP contribution in [0.3, 0.4) is 0 Å². The minimum atomic E-state index is -0.661. The lowest BCUT2D eigenvalue weighted by atomic mass is 10.0. The van der Waals surface area contributed by atoms with E-state index in [4.69, 9.17) is 9.47 Å². The molecule has 0 aromatic carbocycles. The van der Waals surface area contributed by atoms with Crippen LogP contribution in [-0.2, 0) is 19.1 Å². The molecule has 0 heterocycles. The average Bonchev–Trinajstić information content (AvgIpc) is 2.97. The number of allylic oxidation sites excluding steroid dienone is 1. The summed E-state index contributed by atoms with van der Waals surface area (Å²) in [6.07, 6.45) is 6.86. The smallest absolute Gasteiger partial charge is 0.335 e. The Kier molecular flexibility index (Phi) is 3.78. The fourth-order valence-corrected chi connectivity index (χ4v) is 2.67. The van der Waals surface area contributed by atoms with Crippen LogP contribution in [-0.4, -0.2) is 24.1 Å². The number of esters is 2. The minimum absolute atomic E-state index is 0.163. The molecular weight excluding hydrogens is 244 g/mol. The molecule has 0 aromatic rings. The molecule has 0 radical (unpaired) electrons. The van der Waals surface area contributed by atoms with Crippen molar-refractivity contribution in [1.82, 2.24) is 0 Å². The van der Waals surface area contributed by atoms with E-state index in [1.807, 2.05) is 6.08 Å². The van der Waals surface area contributed by atoms with E-state index < -0.39 is 23.5 Å². The second kappa shape index (κ2) is 5.19. The first-order valence-electron chi connectivity index (χ1n) is 6.75. The zero-order valence-electron chi connectivity index (χ0n) is 11.5. The fraction of sp³-hybridized carbons (Fsp3) is 0.600. The molecule has 2 bridgehead atoms. The third-order valence-corrected chi connectivity index (χ3v) is 3.94. The Labute approximate surface area is 113 Å². The van der Waals surface area contributed by atoms with Gasteiger partial charge in [0, 0.05) is 5.57 Å². The van der Waals surface area contributed by atoms with Crippen molar-refractivity contribution in [2.24, 2.45) is 11.8 Å². The zero-order chi connectivity index (χ0) is 14.0. The van der Waals surface area contributed by atoms with E-state index in [1.54, 1.807) is 13.8 Å². The number of hydrogen-bond acceptors (Lipinski definition) is 4. The Hall–Kier alpha value is -1.58. The molecule has 3 unspecified atom stereocenters. The molecular formula is C15H20O4. The molecule has 19 heavy (non-hydrogen) atoms. The first-order chi connectivity index (χ1) is 8.97. The monoisotopic (exact) mass is 264 g/mol. The molecule has 0 aliphatic heterocycles. The molecule has 1 fully saturated rings. The van der Waals surface area contributed by atoms with Gasteiger partial charge in [-0.05, 0) is 45.1 Å². The predicted molar refractivity (Wildman–Crippen MR) is 70.2 cm³/mol. The van der Waals surface area contributed by atoms with Gasteiger partial charge in [0.2, 0.25) is 0 Å². The van der Waals surface area contributed by atoms with Crippen LogP contribution in [0.15, 0.2) is 24.3 Å². The Morgan fingerprint density at radius 3 is 2.74 bits per heavy atom. The van der Waals surface area contributed by atoms with Crippen molar-refractivity contribution in [3.8, 4) is 0 Å². The molecule has 4 heteroatoms. The maximum atomic E-state index is 12.1. The topological polar surface area (TPSA) is 52.6 Å². The van der Waals surface area contributed by atoms with E-state index in [0.29, 0.717) is 12.5 Å². The van der Waals surface area contributed by atoms with E-state index >= 15 is 0 Å². The van der Waals surface area contributed by atoms with E-state index in [2.05, 4.69) is 12.7 Å². The van der Waals surface area contributed by atoms with Crippen molar-refractivity contribution < 1.29 is 19.1 Å². The molecule has 4 nitrogen and oxygen atoms in total. The van der Waals surface area contributed by atoms with Gasteiger partial charge in [0.1, 0.15) is 5.60 Å². The highest BCUT2D eigenvalue weighted by atomic mass is 16.6. The number of carbonyl (C=O) groups is 2. The summed E-state index contributed by atoms with van der Waals surface area (Å²) in [6.45, 7) is 7.31. The molecule has 3 atom stereocenters. The quantitative estimate of drug-likeness (QED) is 0.434. The van der Waals surface area contributed by atoms with Crippen molar-refractivity contribution in [2.75, 3.05) is 6.61 Å². The second-order valence-electron chi connectivity index (χ2n) is 5.32. The third kappa shape index (κ3) is 2.72. The summed E-state index contributed by atoms with van der Waals surface area (Å²) in [6, 6.07) is 0. The summed E-state index contributed by atoms with van der Waals surface area (Å²) < 4.78 is 10.5. The molecule has 2 rings (SSSR count). The molecule has 2 aliphatic carbocycles. The molecule has 0 N–H and O–H groups in total. The van der Waals surface area contributed by atoms with Gasteiger partial charge >= 0.3 is 11.9 Å². The van der Waals surface area contributed by atoms with Crippen molar-refractivity contribution in [3.63, 3.8) is 0 Å². The number of fused-ring (bicyclic) bond motifs is 2. The summed E-state index contributed by atoms with van der Waals surface area (Å²) in [5.41, 5.74) is -0.296. The minimum Gasteiger partial charge on any atom is -0.466 e. The summed E-state index contributed by atoms with van der Waals surface area (Å²) in [4.78, 5) is 23.6. The fourth-order valence-electron chi connectivity index (χ4n) is 2.67. The lowest BCUT2D eigenvalue weighted by Gasteiger charge is -2.25. The predicted octanol–water partition coefficient (Wildman–Crippen LogP) is 2.39. The Morgan fingerprint density at radius 1 is 1.53 bits per heavy atom. The van der Waals surface area contributed by atoms with Crippen LogP contribution >= 0.6 is 0 Å². The maximum absolute atomic E-state index is 12.1. The Balaban J connectivity index is 1.95. The molecule has 104 valence electrons. The average molecular weight is 264 g/mol. The lowest BCUT2D eigenvalue weighted by Crippen LogP contribution is -2.31. The van der Waals surface area contributed by atoms with Crippen LogP contribution in [0.2, 0.25) is 0 Å². The highest BCUT2D eigenvalue weighted by molar-refractivity contribution is 5.95. The molecule has 2 aliphatic rings. The van der Waals surface area contributed by atoms with Gasteiger partial charge < -0.3 is 9.47 Å². The highest BCUT2D eigenvalue weighted by Gasteiger charge is 2.44. The number of carbonyl (C=O) groups excluding carboxylic acids is 2. The van der Waals surface area contributed by atoms with E-state index in [-0.39, 0.29) is 5.57 Å². The van der Waals surface area contributed by atoms with Crippen molar-refractivity contribution in [2.45, 2.75) is 38.7 Å². The van der Waals surface area contributed by atoms with Crippen LogP contribution in [0, 0.1) is 11.8 Å². The third-order valence-electron chi connectivity index (χ3n) is 3.94. The summed E-state index contributed by atoms with van der Waals surface area (Å²) in [7, 11) is 0. The number of rotatable bonds is 5. The lowest BCUT2D eigenvalue weighted by molar-refractivity contribution is -0.154. The summed E-state index contributed by atoms with van der Waals surface area (Å²) >= 11 is 0. The number of hydrogen-bond donors (Lipinski definition) is 0. The largest absolute Gasteiger partial charge is 0.466 e. The number of ether oxygens (including phenoxy) is 2. The molecule has 0 amide bonds. The van der Waals surface area contributed by atoms with Crippen LogP contribution in [0.5, 0.6) is 0 Å². The second-order valence-corrected chi connectivity index (χ2v) is 5.32. The van der Waals surface area contributed by atoms with Gasteiger partial charge in [-0.1, -0.05) is 12.7 Å². The molecule has 0 spiro atoms. The van der Waals surface area contributed by atoms with Gasteiger partial charge in [-0.25, -0.2) is 4.79 Å². The van der Waals surface area contributed by atoms with Crippen molar-refractivity contribution in [3.05, 3.63) is 24.3 Å². The van der Waals surface area contributed by atoms with E-state index in [1.165, 1.54) is 0 Å². The van der Waals surface area contributed by atoms with Crippen LogP contribution in [0.4, 0.5) is 0 Å². The molecule has 0 aromatic heterocycles. The van der Waals surface area contributed by atoms with Crippen LogP contribution in [0.1, 0.15) is 33.1 Å². The van der Waals surface area contributed by atoms with Gasteiger partial charge in [0.05, 0.1) is 12.5 Å². The van der Waals surface area contributed by atoms with Gasteiger partial charge in [-0.2, -0.15) is 0 Å². The van der Waals surface area contributed by atoms with Crippen molar-refractivity contribution in [1.29, 1.82) is 0 Å². The van der Waals surface area contributed by atoms with E-state index in [9.17, 15) is 9.59 Å². The molecule has 1 saturated carbocycles. The van der Waals surface area contributed by atoms with Gasteiger partial charge in [0.25, 0.3) is 0 Å². The standard InChI is InChI=1S/C15H20O4/c1-4-18-13(16)10(2)11(3)14(17)19-15-7-5-12(9-15)6-8-15/h5,7,10,12H,3-4,6,8-9H2,1-2H3. The summed E-state index contributed by atoms with van der Waals surface area (Å²) in [5, 5.41) is 0. The van der Waals surface area contributed by atoms with Crippen LogP contribution in [0.25, 0.3) is 0 Å². The van der Waals surface area contributed by atoms with E-state index in [0.717, 1.165) is 19.3 Å². The Morgan fingerprint density at radius 2 is 2.26 bits per heavy atom. The zero-order valence-corrected chi connectivity index (χ0v) is 11.5. The Bertz CT molecular complexity index is 437. The van der Waals surface area contributed by atoms with Crippen molar-refractivity contribution >= 4 is 11.9 Å². The SMILES string of the molecule is C=C(C(=O)OC12C=CC(CC1)C2)C(C)C(=O)OCC.